The fraction of sp³-hybridized carbons (Fsp3) is 0.579. The zero-order valence-corrected chi connectivity index (χ0v) is 16.2. The molecule has 1 aromatic rings. The second-order valence-corrected chi connectivity index (χ2v) is 5.91. The summed E-state index contributed by atoms with van der Waals surface area (Å²) in [5.41, 5.74) is 1.43. The minimum Gasteiger partial charge on any atom is -0.492 e. The molecule has 0 radical (unpaired) electrons. The fourth-order valence-electron chi connectivity index (χ4n) is 2.77. The molecular formula is C19H28N2O6. The first-order valence-electron chi connectivity index (χ1n) is 9.22. The predicted octanol–water partition coefficient (Wildman–Crippen LogP) is 2.21. The molecule has 1 amide bonds. The zero-order chi connectivity index (χ0) is 19.6. The van der Waals surface area contributed by atoms with Gasteiger partial charge in [0.15, 0.2) is 0 Å². The number of ether oxygens (including phenoxy) is 4. The SMILES string of the molecule is CCOc1cc(N2CCOCC2)c(OCC)cc1NC(=O)CCC(=O)OC. The molecule has 27 heavy (non-hydrogen) atoms. The third-order valence-corrected chi connectivity index (χ3v) is 4.07. The molecule has 0 unspecified atom stereocenters. The summed E-state index contributed by atoms with van der Waals surface area (Å²) in [5.74, 6) is 0.524. The number of nitrogens with zero attached hydrogens (tertiary/aromatic N) is 1. The van der Waals surface area contributed by atoms with Crippen LogP contribution in [0.25, 0.3) is 0 Å². The van der Waals surface area contributed by atoms with Crippen LogP contribution in [0.1, 0.15) is 26.7 Å². The number of morpholine rings is 1. The van der Waals surface area contributed by atoms with Crippen LogP contribution in [0, 0.1) is 0 Å². The Hall–Kier alpha value is -2.48. The largest absolute Gasteiger partial charge is 0.492 e. The van der Waals surface area contributed by atoms with Gasteiger partial charge in [0, 0.05) is 31.6 Å². The van der Waals surface area contributed by atoms with E-state index in [0.717, 1.165) is 18.8 Å². The van der Waals surface area contributed by atoms with Crippen LogP contribution >= 0.6 is 0 Å². The number of benzene rings is 1. The van der Waals surface area contributed by atoms with E-state index in [4.69, 9.17) is 14.2 Å². The number of nitrogens with one attached hydrogen (secondary N) is 1. The van der Waals surface area contributed by atoms with Crippen molar-refractivity contribution >= 4 is 23.3 Å². The molecule has 1 aliphatic rings. The summed E-state index contributed by atoms with van der Waals surface area (Å²) in [6.45, 7) is 7.58. The van der Waals surface area contributed by atoms with E-state index in [9.17, 15) is 9.59 Å². The highest BCUT2D eigenvalue weighted by Crippen LogP contribution is 2.39. The normalized spacial score (nSPS) is 13.8. The molecule has 1 N–H and O–H groups in total. The quantitative estimate of drug-likeness (QED) is 0.657. The Bertz CT molecular complexity index is 643. The van der Waals surface area contributed by atoms with Gasteiger partial charge in [-0.15, -0.1) is 0 Å². The Morgan fingerprint density at radius 3 is 2.37 bits per heavy atom. The van der Waals surface area contributed by atoms with E-state index in [2.05, 4.69) is 15.0 Å². The van der Waals surface area contributed by atoms with E-state index in [1.165, 1.54) is 7.11 Å². The Morgan fingerprint density at radius 1 is 1.07 bits per heavy atom. The number of anilines is 2. The molecule has 8 heteroatoms. The van der Waals surface area contributed by atoms with Crippen LogP contribution in [0.3, 0.4) is 0 Å². The number of hydrogen-bond acceptors (Lipinski definition) is 7. The number of carbonyl (C=O) groups excluding carboxylic acids is 2. The van der Waals surface area contributed by atoms with E-state index in [0.29, 0.717) is 43.6 Å². The molecule has 1 heterocycles. The number of hydrogen-bond donors (Lipinski definition) is 1. The first-order valence-corrected chi connectivity index (χ1v) is 9.22. The molecule has 0 spiro atoms. The molecule has 8 nitrogen and oxygen atoms in total. The summed E-state index contributed by atoms with van der Waals surface area (Å²) in [6.07, 6.45) is 0.0594. The predicted molar refractivity (Wildman–Crippen MR) is 102 cm³/mol. The van der Waals surface area contributed by atoms with Crippen LogP contribution in [-0.2, 0) is 19.1 Å². The maximum absolute atomic E-state index is 12.2. The summed E-state index contributed by atoms with van der Waals surface area (Å²) in [6, 6.07) is 3.66. The van der Waals surface area contributed by atoms with Crippen molar-refractivity contribution in [2.24, 2.45) is 0 Å². The van der Waals surface area contributed by atoms with Crippen molar-refractivity contribution in [1.82, 2.24) is 0 Å². The van der Waals surface area contributed by atoms with Crippen molar-refractivity contribution in [2.45, 2.75) is 26.7 Å². The summed E-state index contributed by atoms with van der Waals surface area (Å²) >= 11 is 0. The van der Waals surface area contributed by atoms with Crippen molar-refractivity contribution in [1.29, 1.82) is 0 Å². The topological polar surface area (TPSA) is 86.3 Å². The highest BCUT2D eigenvalue weighted by molar-refractivity contribution is 5.94. The third-order valence-electron chi connectivity index (χ3n) is 4.07. The molecule has 0 aromatic heterocycles. The lowest BCUT2D eigenvalue weighted by atomic mass is 10.2. The van der Waals surface area contributed by atoms with Gasteiger partial charge in [-0.25, -0.2) is 0 Å². The maximum Gasteiger partial charge on any atom is 0.306 e. The molecule has 1 aromatic carbocycles. The molecule has 150 valence electrons. The minimum atomic E-state index is -0.423. The molecule has 0 aliphatic carbocycles. The van der Waals surface area contributed by atoms with E-state index < -0.39 is 5.97 Å². The molecule has 1 saturated heterocycles. The van der Waals surface area contributed by atoms with Crippen LogP contribution in [-0.4, -0.2) is 58.5 Å². The Morgan fingerprint density at radius 2 is 1.74 bits per heavy atom. The second-order valence-electron chi connectivity index (χ2n) is 5.91. The monoisotopic (exact) mass is 380 g/mol. The van der Waals surface area contributed by atoms with Crippen molar-refractivity contribution in [3.05, 3.63) is 12.1 Å². The summed E-state index contributed by atoms with van der Waals surface area (Å²) in [7, 11) is 1.30. The molecular weight excluding hydrogens is 352 g/mol. The van der Waals surface area contributed by atoms with Gasteiger partial charge in [0.1, 0.15) is 11.5 Å². The lowest BCUT2D eigenvalue weighted by Gasteiger charge is -2.31. The first-order chi connectivity index (χ1) is 13.1. The van der Waals surface area contributed by atoms with Gasteiger partial charge >= 0.3 is 5.97 Å². The van der Waals surface area contributed by atoms with Crippen molar-refractivity contribution in [3.8, 4) is 11.5 Å². The molecule has 0 atom stereocenters. The average molecular weight is 380 g/mol. The number of esters is 1. The van der Waals surface area contributed by atoms with Gasteiger partial charge < -0.3 is 29.2 Å². The van der Waals surface area contributed by atoms with Crippen LogP contribution in [0.5, 0.6) is 11.5 Å². The fourth-order valence-corrected chi connectivity index (χ4v) is 2.77. The van der Waals surface area contributed by atoms with Gasteiger partial charge in [-0.3, -0.25) is 9.59 Å². The number of carbonyl (C=O) groups is 2. The van der Waals surface area contributed by atoms with Gasteiger partial charge in [-0.1, -0.05) is 0 Å². The smallest absolute Gasteiger partial charge is 0.306 e. The van der Waals surface area contributed by atoms with E-state index >= 15 is 0 Å². The Labute approximate surface area is 159 Å². The average Bonchev–Trinajstić information content (AvgIpc) is 2.69. The van der Waals surface area contributed by atoms with Crippen molar-refractivity contribution in [3.63, 3.8) is 0 Å². The van der Waals surface area contributed by atoms with Crippen molar-refractivity contribution in [2.75, 3.05) is 56.8 Å². The molecule has 1 aliphatic heterocycles. The van der Waals surface area contributed by atoms with Gasteiger partial charge in [-0.05, 0) is 13.8 Å². The van der Waals surface area contributed by atoms with E-state index in [1.54, 1.807) is 6.07 Å². The minimum absolute atomic E-state index is 0.0243. The van der Waals surface area contributed by atoms with Crippen LogP contribution in [0.4, 0.5) is 11.4 Å². The number of rotatable bonds is 9. The lowest BCUT2D eigenvalue weighted by molar-refractivity contribution is -0.141. The molecule has 0 saturated carbocycles. The Kier molecular flexibility index (Phi) is 8.19. The van der Waals surface area contributed by atoms with Gasteiger partial charge in [0.05, 0.1) is 51.3 Å². The van der Waals surface area contributed by atoms with Crippen molar-refractivity contribution < 1.29 is 28.5 Å². The summed E-state index contributed by atoms with van der Waals surface area (Å²) in [4.78, 5) is 25.6. The van der Waals surface area contributed by atoms with Crippen LogP contribution in [0.2, 0.25) is 0 Å². The number of methoxy groups -OCH3 is 1. The molecule has 0 bridgehead atoms. The first kappa shape index (κ1) is 20.8. The van der Waals surface area contributed by atoms with Crippen LogP contribution in [0.15, 0.2) is 12.1 Å². The molecule has 2 rings (SSSR count). The van der Waals surface area contributed by atoms with E-state index in [1.807, 2.05) is 19.9 Å². The highest BCUT2D eigenvalue weighted by atomic mass is 16.5. The Balaban J connectivity index is 2.25. The summed E-state index contributed by atoms with van der Waals surface area (Å²) in [5, 5.41) is 2.81. The van der Waals surface area contributed by atoms with Crippen LogP contribution < -0.4 is 19.7 Å². The summed E-state index contributed by atoms with van der Waals surface area (Å²) < 4.78 is 21.5. The highest BCUT2D eigenvalue weighted by Gasteiger charge is 2.20. The molecule has 1 fully saturated rings. The second kappa shape index (κ2) is 10.6. The lowest BCUT2D eigenvalue weighted by Crippen LogP contribution is -2.36. The van der Waals surface area contributed by atoms with Gasteiger partial charge in [0.25, 0.3) is 0 Å². The van der Waals surface area contributed by atoms with Gasteiger partial charge in [-0.2, -0.15) is 0 Å². The van der Waals surface area contributed by atoms with Gasteiger partial charge in [0.2, 0.25) is 5.91 Å². The maximum atomic E-state index is 12.2. The number of amides is 1. The third kappa shape index (κ3) is 6.02. The zero-order valence-electron chi connectivity index (χ0n) is 16.2. The van der Waals surface area contributed by atoms with E-state index in [-0.39, 0.29) is 18.7 Å². The standard InChI is InChI=1S/C19H28N2O6/c1-4-26-16-13-15(21-8-10-25-11-9-21)17(27-5-2)12-14(16)20-18(22)6-7-19(23)24-3/h12-13H,4-11H2,1-3H3,(H,20,22).